The van der Waals surface area contributed by atoms with E-state index in [-0.39, 0.29) is 5.69 Å². The summed E-state index contributed by atoms with van der Waals surface area (Å²) >= 11 is 0. The lowest BCUT2D eigenvalue weighted by molar-refractivity contribution is -0.141. The highest BCUT2D eigenvalue weighted by Gasteiger charge is 2.37. The summed E-state index contributed by atoms with van der Waals surface area (Å²) in [6.45, 7) is 4.16. The number of rotatable bonds is 4. The fourth-order valence-electron chi connectivity index (χ4n) is 1.39. The molecule has 0 atom stereocenters. The zero-order valence-electron chi connectivity index (χ0n) is 8.80. The summed E-state index contributed by atoms with van der Waals surface area (Å²) in [5.41, 5.74) is -0.669. The van der Waals surface area contributed by atoms with E-state index in [2.05, 4.69) is 10.3 Å². The molecule has 6 heteroatoms. The summed E-state index contributed by atoms with van der Waals surface area (Å²) in [7, 11) is 0. The van der Waals surface area contributed by atoms with Gasteiger partial charge in [0, 0.05) is 6.54 Å². The zero-order chi connectivity index (χ0) is 11.5. The Balaban J connectivity index is 2.95. The van der Waals surface area contributed by atoms with Gasteiger partial charge in [-0.1, -0.05) is 25.5 Å². The van der Waals surface area contributed by atoms with E-state index in [4.69, 9.17) is 0 Å². The summed E-state index contributed by atoms with van der Waals surface area (Å²) in [6.07, 6.45) is -2.36. The minimum atomic E-state index is -4.39. The van der Waals surface area contributed by atoms with Crippen molar-refractivity contribution in [3.63, 3.8) is 0 Å². The molecule has 0 fully saturated rings. The van der Waals surface area contributed by atoms with Crippen molar-refractivity contribution in [2.75, 3.05) is 0 Å². The van der Waals surface area contributed by atoms with E-state index in [1.54, 1.807) is 6.92 Å². The number of halogens is 3. The quantitative estimate of drug-likeness (QED) is 0.782. The Morgan fingerprint density at radius 2 is 1.93 bits per heavy atom. The van der Waals surface area contributed by atoms with Gasteiger partial charge in [-0.05, 0) is 12.8 Å². The molecule has 1 heterocycles. The van der Waals surface area contributed by atoms with Crippen LogP contribution in [0.4, 0.5) is 13.2 Å². The minimum Gasteiger partial charge on any atom is -0.249 e. The first-order valence-corrected chi connectivity index (χ1v) is 5.00. The molecule has 1 aromatic rings. The molecule has 0 radical (unpaired) electrons. The molecule has 3 nitrogen and oxygen atoms in total. The number of nitrogens with zero attached hydrogens (tertiary/aromatic N) is 3. The Hall–Kier alpha value is -1.07. The van der Waals surface area contributed by atoms with Crippen molar-refractivity contribution in [1.29, 1.82) is 0 Å². The molecule has 0 aliphatic heterocycles. The van der Waals surface area contributed by atoms with Crippen LogP contribution in [0.5, 0.6) is 0 Å². The molecule has 0 aliphatic carbocycles. The number of unbranched alkanes of at least 4 members (excludes halogenated alkanes) is 1. The van der Waals surface area contributed by atoms with Crippen LogP contribution in [0.25, 0.3) is 0 Å². The second-order valence-electron chi connectivity index (χ2n) is 3.31. The second kappa shape index (κ2) is 4.63. The number of aromatic nitrogens is 3. The third-order valence-corrected chi connectivity index (χ3v) is 2.16. The van der Waals surface area contributed by atoms with E-state index in [0.29, 0.717) is 13.0 Å². The average molecular weight is 221 g/mol. The van der Waals surface area contributed by atoms with Gasteiger partial charge < -0.3 is 0 Å². The summed E-state index contributed by atoms with van der Waals surface area (Å²) in [4.78, 5) is 0. The largest absolute Gasteiger partial charge is 0.437 e. The zero-order valence-corrected chi connectivity index (χ0v) is 8.80. The maximum absolute atomic E-state index is 12.5. The van der Waals surface area contributed by atoms with Gasteiger partial charge in [0.2, 0.25) is 0 Å². The van der Waals surface area contributed by atoms with Gasteiger partial charge in [0.1, 0.15) is 0 Å². The Labute approximate surface area is 86.3 Å². The van der Waals surface area contributed by atoms with Crippen molar-refractivity contribution in [1.82, 2.24) is 15.0 Å². The van der Waals surface area contributed by atoms with Gasteiger partial charge in [0.05, 0.1) is 5.69 Å². The highest BCUT2D eigenvalue weighted by molar-refractivity contribution is 5.13. The van der Waals surface area contributed by atoms with Crippen LogP contribution in [-0.4, -0.2) is 15.0 Å². The third-order valence-electron chi connectivity index (χ3n) is 2.16. The lowest BCUT2D eigenvalue weighted by Crippen LogP contribution is -2.11. The van der Waals surface area contributed by atoms with Crippen LogP contribution in [0, 0.1) is 0 Å². The first-order valence-electron chi connectivity index (χ1n) is 5.00. The fraction of sp³-hybridized carbons (Fsp3) is 0.778. The van der Waals surface area contributed by atoms with E-state index in [0.717, 1.165) is 12.8 Å². The maximum atomic E-state index is 12.5. The molecule has 0 aromatic carbocycles. The predicted octanol–water partition coefficient (Wildman–Crippen LogP) is 2.66. The first kappa shape index (κ1) is 12.0. The van der Waals surface area contributed by atoms with Gasteiger partial charge in [-0.3, -0.25) is 0 Å². The molecule has 0 aliphatic rings. The minimum absolute atomic E-state index is 0.177. The van der Waals surface area contributed by atoms with Crippen LogP contribution in [0.2, 0.25) is 0 Å². The van der Waals surface area contributed by atoms with Crippen molar-refractivity contribution in [2.24, 2.45) is 0 Å². The van der Waals surface area contributed by atoms with Crippen LogP contribution >= 0.6 is 0 Å². The van der Waals surface area contributed by atoms with Crippen molar-refractivity contribution in [3.8, 4) is 0 Å². The lowest BCUT2D eigenvalue weighted by Gasteiger charge is -2.06. The lowest BCUT2D eigenvalue weighted by atomic mass is 10.2. The topological polar surface area (TPSA) is 30.7 Å². The van der Waals surface area contributed by atoms with Crippen LogP contribution < -0.4 is 0 Å². The molecule has 0 spiro atoms. The summed E-state index contributed by atoms with van der Waals surface area (Å²) < 4.78 is 38.7. The molecule has 0 unspecified atom stereocenters. The highest BCUT2D eigenvalue weighted by atomic mass is 19.4. The van der Waals surface area contributed by atoms with Crippen molar-refractivity contribution in [2.45, 2.75) is 45.8 Å². The summed E-state index contributed by atoms with van der Waals surface area (Å²) in [5.74, 6) is 0. The fourth-order valence-corrected chi connectivity index (χ4v) is 1.39. The monoisotopic (exact) mass is 221 g/mol. The number of alkyl halides is 3. The summed E-state index contributed by atoms with van der Waals surface area (Å²) in [5, 5.41) is 6.74. The molecule has 1 aromatic heterocycles. The maximum Gasteiger partial charge on any atom is 0.437 e. The Bertz CT molecular complexity index is 317. The first-order chi connectivity index (χ1) is 7.00. The molecule has 0 amide bonds. The van der Waals surface area contributed by atoms with Gasteiger partial charge in [-0.15, -0.1) is 5.10 Å². The smallest absolute Gasteiger partial charge is 0.249 e. The van der Waals surface area contributed by atoms with E-state index in [1.807, 2.05) is 6.92 Å². The van der Waals surface area contributed by atoms with Crippen LogP contribution in [0.3, 0.4) is 0 Å². The number of aryl methyl sites for hydroxylation is 1. The normalized spacial score (nSPS) is 12.1. The van der Waals surface area contributed by atoms with Crippen LogP contribution in [0.15, 0.2) is 0 Å². The van der Waals surface area contributed by atoms with Crippen LogP contribution in [-0.2, 0) is 19.1 Å². The van der Waals surface area contributed by atoms with Gasteiger partial charge in [0.15, 0.2) is 5.69 Å². The van der Waals surface area contributed by atoms with E-state index in [1.165, 1.54) is 4.68 Å². The Morgan fingerprint density at radius 3 is 2.40 bits per heavy atom. The SMILES string of the molecule is CCCCn1nnc(C(F)(F)F)c1CC. The van der Waals surface area contributed by atoms with Gasteiger partial charge in [-0.25, -0.2) is 4.68 Å². The van der Waals surface area contributed by atoms with Crippen LogP contribution in [0.1, 0.15) is 38.1 Å². The molecule has 0 bridgehead atoms. The van der Waals surface area contributed by atoms with Gasteiger partial charge in [0.25, 0.3) is 0 Å². The molecular formula is C9H14F3N3. The summed E-state index contributed by atoms with van der Waals surface area (Å²) in [6, 6.07) is 0. The molecule has 15 heavy (non-hydrogen) atoms. The second-order valence-corrected chi connectivity index (χ2v) is 3.31. The highest BCUT2D eigenvalue weighted by Crippen LogP contribution is 2.30. The number of hydrogen-bond acceptors (Lipinski definition) is 2. The predicted molar refractivity (Wildman–Crippen MR) is 49.3 cm³/mol. The molecular weight excluding hydrogens is 207 g/mol. The van der Waals surface area contributed by atoms with Gasteiger partial charge in [-0.2, -0.15) is 13.2 Å². The van der Waals surface area contributed by atoms with Crippen molar-refractivity contribution in [3.05, 3.63) is 11.4 Å². The van der Waals surface area contributed by atoms with E-state index in [9.17, 15) is 13.2 Å². The molecule has 1 rings (SSSR count). The average Bonchev–Trinajstić information content (AvgIpc) is 2.56. The standard InChI is InChI=1S/C9H14F3N3/c1-3-5-6-15-7(4-2)8(13-14-15)9(10,11)12/h3-6H2,1-2H3. The molecule has 0 saturated heterocycles. The van der Waals surface area contributed by atoms with Crippen molar-refractivity contribution < 1.29 is 13.2 Å². The van der Waals surface area contributed by atoms with Gasteiger partial charge >= 0.3 is 6.18 Å². The van der Waals surface area contributed by atoms with Crippen molar-refractivity contribution >= 4 is 0 Å². The molecule has 0 N–H and O–H groups in total. The Kier molecular flexibility index (Phi) is 3.71. The Morgan fingerprint density at radius 1 is 1.27 bits per heavy atom. The number of hydrogen-bond donors (Lipinski definition) is 0. The third kappa shape index (κ3) is 2.70. The molecule has 0 saturated carbocycles. The molecule has 86 valence electrons. The van der Waals surface area contributed by atoms with E-state index >= 15 is 0 Å². The van der Waals surface area contributed by atoms with E-state index < -0.39 is 11.9 Å².